The van der Waals surface area contributed by atoms with Crippen LogP contribution in [0.3, 0.4) is 0 Å². The molecule has 0 saturated heterocycles. The summed E-state index contributed by atoms with van der Waals surface area (Å²) < 4.78 is 32.1. The highest BCUT2D eigenvalue weighted by atomic mass is 32.2. The molecule has 0 amide bonds. The Morgan fingerprint density at radius 2 is 1.86 bits per heavy atom. The molecule has 0 fully saturated rings. The largest absolute Gasteiger partial charge is 0.455 e. The van der Waals surface area contributed by atoms with Gasteiger partial charge in [0.15, 0.2) is 5.75 Å². The molecule has 112 valence electrons. The van der Waals surface area contributed by atoms with Crippen molar-refractivity contribution in [2.45, 2.75) is 20.3 Å². The minimum absolute atomic E-state index is 0.0891. The maximum absolute atomic E-state index is 11.9. The average molecular weight is 305 g/mol. The number of anilines is 1. The molecule has 2 aromatic carbocycles. The number of ether oxygens (including phenoxy) is 1. The van der Waals surface area contributed by atoms with Gasteiger partial charge in [0, 0.05) is 0 Å². The first-order chi connectivity index (χ1) is 10.00. The van der Waals surface area contributed by atoms with E-state index in [1.165, 1.54) is 0 Å². The van der Waals surface area contributed by atoms with Gasteiger partial charge in [-0.2, -0.15) is 0 Å². The van der Waals surface area contributed by atoms with Crippen LogP contribution in [0.1, 0.15) is 18.9 Å². The quantitative estimate of drug-likeness (QED) is 0.879. The lowest BCUT2D eigenvalue weighted by atomic mass is 10.2. The summed E-state index contributed by atoms with van der Waals surface area (Å²) in [5, 5.41) is 0. The predicted molar refractivity (Wildman–Crippen MR) is 85.4 cm³/mol. The molecule has 0 aliphatic heterocycles. The molecule has 5 heteroatoms. The molecule has 4 nitrogen and oxygen atoms in total. The maximum Gasteiger partial charge on any atom is 0.232 e. The molecule has 0 aliphatic carbocycles. The standard InChI is InChI=1S/C16H19NO3S/c1-3-11-21(18,19)17-15-9-4-5-10-16(15)20-14-8-6-7-13(2)12-14/h4-10,12,17H,3,11H2,1-2H3. The van der Waals surface area contributed by atoms with Gasteiger partial charge in [0.05, 0.1) is 11.4 Å². The second kappa shape index (κ2) is 6.63. The molecule has 2 aromatic rings. The van der Waals surface area contributed by atoms with E-state index in [0.29, 0.717) is 23.6 Å². The van der Waals surface area contributed by atoms with E-state index in [-0.39, 0.29) is 5.75 Å². The molecule has 0 aromatic heterocycles. The Kier molecular flexibility index (Phi) is 4.85. The number of para-hydroxylation sites is 2. The van der Waals surface area contributed by atoms with E-state index in [0.717, 1.165) is 5.56 Å². The average Bonchev–Trinajstić information content (AvgIpc) is 2.40. The summed E-state index contributed by atoms with van der Waals surface area (Å²) >= 11 is 0. The van der Waals surface area contributed by atoms with E-state index >= 15 is 0 Å². The van der Waals surface area contributed by atoms with Crippen molar-refractivity contribution >= 4 is 15.7 Å². The summed E-state index contributed by atoms with van der Waals surface area (Å²) in [5.74, 6) is 1.26. The Hall–Kier alpha value is -2.01. The lowest BCUT2D eigenvalue weighted by Crippen LogP contribution is -2.16. The first-order valence-electron chi connectivity index (χ1n) is 6.84. The number of benzene rings is 2. The van der Waals surface area contributed by atoms with Crippen LogP contribution >= 0.6 is 0 Å². The van der Waals surface area contributed by atoms with Gasteiger partial charge in [0.1, 0.15) is 5.75 Å². The number of sulfonamides is 1. The first kappa shape index (κ1) is 15.4. The van der Waals surface area contributed by atoms with Crippen molar-refractivity contribution in [3.63, 3.8) is 0 Å². The number of rotatable bonds is 6. The highest BCUT2D eigenvalue weighted by molar-refractivity contribution is 7.92. The van der Waals surface area contributed by atoms with Gasteiger partial charge in [0.2, 0.25) is 10.0 Å². The van der Waals surface area contributed by atoms with Gasteiger partial charge >= 0.3 is 0 Å². The van der Waals surface area contributed by atoms with Crippen molar-refractivity contribution in [1.82, 2.24) is 0 Å². The molecule has 0 radical (unpaired) electrons. The van der Waals surface area contributed by atoms with Crippen LogP contribution in [-0.4, -0.2) is 14.2 Å². The van der Waals surface area contributed by atoms with E-state index in [9.17, 15) is 8.42 Å². The van der Waals surface area contributed by atoms with Crippen LogP contribution < -0.4 is 9.46 Å². The van der Waals surface area contributed by atoms with Gasteiger partial charge in [-0.05, 0) is 43.2 Å². The lowest BCUT2D eigenvalue weighted by molar-refractivity contribution is 0.484. The number of aryl methyl sites for hydroxylation is 1. The summed E-state index contributed by atoms with van der Waals surface area (Å²) in [6.07, 6.45) is 0.566. The highest BCUT2D eigenvalue weighted by Crippen LogP contribution is 2.30. The van der Waals surface area contributed by atoms with Gasteiger partial charge in [-0.15, -0.1) is 0 Å². The van der Waals surface area contributed by atoms with E-state index in [1.807, 2.05) is 44.2 Å². The van der Waals surface area contributed by atoms with Crippen LogP contribution in [0.4, 0.5) is 5.69 Å². The van der Waals surface area contributed by atoms with Crippen LogP contribution in [0.25, 0.3) is 0 Å². The Morgan fingerprint density at radius 1 is 1.10 bits per heavy atom. The first-order valence-corrected chi connectivity index (χ1v) is 8.49. The van der Waals surface area contributed by atoms with Gasteiger partial charge in [-0.25, -0.2) is 8.42 Å². The van der Waals surface area contributed by atoms with E-state index in [1.54, 1.807) is 18.2 Å². The zero-order chi connectivity index (χ0) is 15.3. The van der Waals surface area contributed by atoms with Crippen molar-refractivity contribution in [3.8, 4) is 11.5 Å². The number of nitrogens with one attached hydrogen (secondary N) is 1. The van der Waals surface area contributed by atoms with Crippen LogP contribution in [-0.2, 0) is 10.0 Å². The third-order valence-electron chi connectivity index (χ3n) is 2.84. The van der Waals surface area contributed by atoms with Crippen LogP contribution in [0, 0.1) is 6.92 Å². The summed E-state index contributed by atoms with van der Waals surface area (Å²) in [5.41, 5.74) is 1.53. The molecule has 0 atom stereocenters. The van der Waals surface area contributed by atoms with Crippen LogP contribution in [0.2, 0.25) is 0 Å². The van der Waals surface area contributed by atoms with Crippen LogP contribution in [0.5, 0.6) is 11.5 Å². The van der Waals surface area contributed by atoms with E-state index in [2.05, 4.69) is 4.72 Å². The van der Waals surface area contributed by atoms with Crippen molar-refractivity contribution in [1.29, 1.82) is 0 Å². The molecular formula is C16H19NO3S. The smallest absolute Gasteiger partial charge is 0.232 e. The van der Waals surface area contributed by atoms with Gasteiger partial charge in [-0.1, -0.05) is 31.2 Å². The Balaban J connectivity index is 2.25. The normalized spacial score (nSPS) is 11.1. The second-order valence-electron chi connectivity index (χ2n) is 4.84. The lowest BCUT2D eigenvalue weighted by Gasteiger charge is -2.13. The zero-order valence-electron chi connectivity index (χ0n) is 12.2. The molecule has 1 N–H and O–H groups in total. The molecule has 0 heterocycles. The fraction of sp³-hybridized carbons (Fsp3) is 0.250. The van der Waals surface area contributed by atoms with Crippen LogP contribution in [0.15, 0.2) is 48.5 Å². The summed E-state index contributed by atoms with van der Waals surface area (Å²) in [7, 11) is -3.34. The van der Waals surface area contributed by atoms with Crippen molar-refractivity contribution in [2.24, 2.45) is 0 Å². The molecule has 0 aliphatic rings. The second-order valence-corrected chi connectivity index (χ2v) is 6.68. The van der Waals surface area contributed by atoms with Gasteiger partial charge < -0.3 is 4.74 Å². The molecule has 0 spiro atoms. The Morgan fingerprint density at radius 3 is 2.57 bits per heavy atom. The van der Waals surface area contributed by atoms with Crippen molar-refractivity contribution < 1.29 is 13.2 Å². The minimum Gasteiger partial charge on any atom is -0.455 e. The SMILES string of the molecule is CCCS(=O)(=O)Nc1ccccc1Oc1cccc(C)c1. The van der Waals surface area contributed by atoms with Crippen molar-refractivity contribution in [3.05, 3.63) is 54.1 Å². The summed E-state index contributed by atoms with van der Waals surface area (Å²) in [4.78, 5) is 0. The fourth-order valence-corrected chi connectivity index (χ4v) is 3.08. The Bertz CT molecular complexity index is 711. The third-order valence-corrected chi connectivity index (χ3v) is 4.32. The van der Waals surface area contributed by atoms with Crippen molar-refractivity contribution in [2.75, 3.05) is 10.5 Å². The molecular weight excluding hydrogens is 286 g/mol. The summed E-state index contributed by atoms with van der Waals surface area (Å²) in [6, 6.07) is 14.6. The molecule has 0 saturated carbocycles. The van der Waals surface area contributed by atoms with Gasteiger partial charge in [0.25, 0.3) is 0 Å². The topological polar surface area (TPSA) is 55.4 Å². The van der Waals surface area contributed by atoms with Gasteiger partial charge in [-0.3, -0.25) is 4.72 Å². The highest BCUT2D eigenvalue weighted by Gasteiger charge is 2.12. The number of hydrogen-bond donors (Lipinski definition) is 1. The van der Waals surface area contributed by atoms with E-state index in [4.69, 9.17) is 4.74 Å². The minimum atomic E-state index is -3.34. The fourth-order valence-electron chi connectivity index (χ4n) is 1.93. The summed E-state index contributed by atoms with van der Waals surface area (Å²) in [6.45, 7) is 3.80. The third kappa shape index (κ3) is 4.49. The molecule has 2 rings (SSSR count). The maximum atomic E-state index is 11.9. The molecule has 21 heavy (non-hydrogen) atoms. The molecule has 0 unspecified atom stereocenters. The monoisotopic (exact) mass is 305 g/mol. The predicted octanol–water partition coefficient (Wildman–Crippen LogP) is 3.94. The molecule has 0 bridgehead atoms. The Labute approximate surface area is 125 Å². The van der Waals surface area contributed by atoms with E-state index < -0.39 is 10.0 Å². The number of hydrogen-bond acceptors (Lipinski definition) is 3. The zero-order valence-corrected chi connectivity index (χ0v) is 13.0.